The summed E-state index contributed by atoms with van der Waals surface area (Å²) >= 11 is 0. The second kappa shape index (κ2) is 10.6. The van der Waals surface area contributed by atoms with Crippen molar-refractivity contribution in [2.45, 2.75) is 0 Å². The van der Waals surface area contributed by atoms with Crippen molar-refractivity contribution in [1.82, 2.24) is 4.57 Å². The van der Waals surface area contributed by atoms with Gasteiger partial charge in [0.2, 0.25) is 0 Å². The Morgan fingerprint density at radius 2 is 0.941 bits per heavy atom. The van der Waals surface area contributed by atoms with Crippen molar-refractivity contribution < 1.29 is 4.57 Å². The molecule has 0 bridgehead atoms. The van der Waals surface area contributed by atoms with Crippen LogP contribution in [0.25, 0.3) is 82.1 Å². The Labute approximate surface area is 295 Å². The lowest BCUT2D eigenvalue weighted by Crippen LogP contribution is -2.20. The number of hydrogen-bond donors (Lipinski definition) is 0. The molecule has 1 aliphatic heterocycles. The summed E-state index contributed by atoms with van der Waals surface area (Å²) in [7, 11) is -3.10. The van der Waals surface area contributed by atoms with Gasteiger partial charge in [0.1, 0.15) is 0 Å². The zero-order valence-corrected chi connectivity index (χ0v) is 28.5. The van der Waals surface area contributed by atoms with Crippen LogP contribution in [0.5, 0.6) is 0 Å². The maximum absolute atomic E-state index is 15.5. The van der Waals surface area contributed by atoms with Gasteiger partial charge < -0.3 is 9.13 Å². The Morgan fingerprint density at radius 1 is 0.373 bits per heavy atom. The molecule has 1 atom stereocenters. The third-order valence-electron chi connectivity index (χ3n) is 11.0. The molecule has 0 aliphatic carbocycles. The first kappa shape index (κ1) is 28.6. The zero-order valence-electron chi connectivity index (χ0n) is 27.6. The molecule has 0 fully saturated rings. The molecule has 1 aliphatic rings. The first-order valence-corrected chi connectivity index (χ1v) is 19.2. The molecule has 10 aromatic rings. The van der Waals surface area contributed by atoms with E-state index in [0.29, 0.717) is 0 Å². The van der Waals surface area contributed by atoms with E-state index in [4.69, 9.17) is 0 Å². The van der Waals surface area contributed by atoms with Gasteiger partial charge in [-0.2, -0.15) is 0 Å². The lowest BCUT2D eigenvalue weighted by molar-refractivity contribution is 0.593. The van der Waals surface area contributed by atoms with E-state index >= 15 is 4.57 Å². The minimum Gasteiger partial charge on any atom is -0.309 e. The highest BCUT2D eigenvalue weighted by molar-refractivity contribution is 7.86. The Kier molecular flexibility index (Phi) is 5.97. The quantitative estimate of drug-likeness (QED) is 0.136. The Balaban J connectivity index is 1.30. The number of aromatic nitrogens is 1. The second-order valence-electron chi connectivity index (χ2n) is 13.5. The van der Waals surface area contributed by atoms with Gasteiger partial charge in [-0.15, -0.1) is 0 Å². The van der Waals surface area contributed by atoms with Crippen LogP contribution in [0.2, 0.25) is 0 Å². The highest BCUT2D eigenvalue weighted by Crippen LogP contribution is 2.54. The minimum atomic E-state index is -3.10. The maximum Gasteiger partial charge on any atom is 0.172 e. The smallest absolute Gasteiger partial charge is 0.172 e. The molecule has 11 rings (SSSR count). The van der Waals surface area contributed by atoms with Crippen molar-refractivity contribution in [3.63, 3.8) is 0 Å². The number of benzene rings is 9. The fraction of sp³-hybridized carbons (Fsp3) is 0. The Morgan fingerprint density at radius 3 is 1.71 bits per heavy atom. The molecule has 238 valence electrons. The fourth-order valence-corrected chi connectivity index (χ4v) is 11.9. The van der Waals surface area contributed by atoms with Crippen LogP contribution in [0.15, 0.2) is 182 Å². The molecule has 3 heteroatoms. The van der Waals surface area contributed by atoms with Crippen molar-refractivity contribution in [2.75, 3.05) is 0 Å². The van der Waals surface area contributed by atoms with Crippen LogP contribution < -0.4 is 15.9 Å². The summed E-state index contributed by atoms with van der Waals surface area (Å²) in [5.74, 6) is 0. The summed E-state index contributed by atoms with van der Waals surface area (Å²) in [5.41, 5.74) is 8.00. The molecule has 1 unspecified atom stereocenters. The Hall–Kier alpha value is -6.21. The molecule has 2 nitrogen and oxygen atoms in total. The van der Waals surface area contributed by atoms with E-state index in [0.717, 1.165) is 54.5 Å². The highest BCUT2D eigenvalue weighted by atomic mass is 31.2. The lowest BCUT2D eigenvalue weighted by atomic mass is 9.88. The molecule has 0 saturated heterocycles. The predicted octanol–water partition coefficient (Wildman–Crippen LogP) is 11.5. The second-order valence-corrected chi connectivity index (χ2v) is 16.2. The molecule has 0 spiro atoms. The van der Waals surface area contributed by atoms with E-state index in [9.17, 15) is 0 Å². The van der Waals surface area contributed by atoms with Gasteiger partial charge in [-0.1, -0.05) is 164 Å². The summed E-state index contributed by atoms with van der Waals surface area (Å²) in [4.78, 5) is 0. The van der Waals surface area contributed by atoms with Crippen LogP contribution in [0.3, 0.4) is 0 Å². The normalized spacial score (nSPS) is 15.2. The number of para-hydroxylation sites is 1. The lowest BCUT2D eigenvalue weighted by Gasteiger charge is -2.20. The van der Waals surface area contributed by atoms with Gasteiger partial charge in [0.25, 0.3) is 0 Å². The van der Waals surface area contributed by atoms with Crippen molar-refractivity contribution in [3.8, 4) is 27.9 Å². The van der Waals surface area contributed by atoms with Gasteiger partial charge in [-0.3, -0.25) is 0 Å². The molecule has 51 heavy (non-hydrogen) atoms. The molecule has 0 saturated carbocycles. The maximum atomic E-state index is 15.5. The molecule has 0 radical (unpaired) electrons. The number of fused-ring (bicyclic) bond motifs is 9. The summed E-state index contributed by atoms with van der Waals surface area (Å²) < 4.78 is 18.0. The van der Waals surface area contributed by atoms with Gasteiger partial charge in [0, 0.05) is 37.5 Å². The van der Waals surface area contributed by atoms with E-state index in [1.807, 2.05) is 36.4 Å². The topological polar surface area (TPSA) is 22.0 Å². The molecule has 2 heterocycles. The van der Waals surface area contributed by atoms with Crippen molar-refractivity contribution >= 4 is 77.2 Å². The van der Waals surface area contributed by atoms with Crippen LogP contribution in [-0.2, 0) is 4.57 Å². The van der Waals surface area contributed by atoms with Crippen molar-refractivity contribution in [3.05, 3.63) is 182 Å². The molecule has 0 N–H and O–H groups in total. The van der Waals surface area contributed by atoms with Gasteiger partial charge >= 0.3 is 0 Å². The van der Waals surface area contributed by atoms with Crippen LogP contribution in [-0.4, -0.2) is 4.57 Å². The first-order chi connectivity index (χ1) is 25.2. The van der Waals surface area contributed by atoms with Gasteiger partial charge in [0.05, 0.1) is 16.7 Å². The van der Waals surface area contributed by atoms with Gasteiger partial charge in [0.15, 0.2) is 7.14 Å². The molecular formula is C48H30NOP. The molecular weight excluding hydrogens is 638 g/mol. The number of hydrogen-bond acceptors (Lipinski definition) is 1. The van der Waals surface area contributed by atoms with Crippen molar-refractivity contribution in [2.24, 2.45) is 0 Å². The predicted molar refractivity (Wildman–Crippen MR) is 217 cm³/mol. The Bertz CT molecular complexity index is 3060. The monoisotopic (exact) mass is 667 g/mol. The van der Waals surface area contributed by atoms with Crippen LogP contribution in [0, 0.1) is 0 Å². The summed E-state index contributed by atoms with van der Waals surface area (Å²) in [5, 5.41) is 12.3. The van der Waals surface area contributed by atoms with E-state index < -0.39 is 7.14 Å². The zero-order chi connectivity index (χ0) is 33.7. The molecule has 0 amide bonds. The standard InChI is InChI=1S/C48H30NOP/c50-51(32-17-2-1-3-18-32)45-28-13-11-21-35(45)42-29-44-41(30-46(42)51)34-20-10-12-27-43(34)49(44)48-39-24-8-6-22-37(39)47(38-23-7-9-25-40(38)48)36-26-14-16-31-15-4-5-19-33(31)36/h1-30H. The van der Waals surface area contributed by atoms with E-state index in [1.165, 1.54) is 43.4 Å². The van der Waals surface area contributed by atoms with Gasteiger partial charge in [-0.25, -0.2) is 0 Å². The number of nitrogens with zero attached hydrogens (tertiary/aromatic N) is 1. The van der Waals surface area contributed by atoms with Crippen LogP contribution >= 0.6 is 7.14 Å². The van der Waals surface area contributed by atoms with E-state index in [-0.39, 0.29) is 0 Å². The third-order valence-corrected chi connectivity index (χ3v) is 14.1. The van der Waals surface area contributed by atoms with Crippen molar-refractivity contribution in [1.29, 1.82) is 0 Å². The summed E-state index contributed by atoms with van der Waals surface area (Å²) in [6.45, 7) is 0. The average molecular weight is 668 g/mol. The fourth-order valence-electron chi connectivity index (χ4n) is 8.82. The van der Waals surface area contributed by atoms with E-state index in [2.05, 4.69) is 150 Å². The van der Waals surface area contributed by atoms with Crippen LogP contribution in [0.4, 0.5) is 0 Å². The summed E-state index contributed by atoms with van der Waals surface area (Å²) in [6, 6.07) is 64.6. The average Bonchev–Trinajstić information content (AvgIpc) is 3.65. The largest absolute Gasteiger partial charge is 0.309 e. The SMILES string of the molecule is O=P1(c2ccccc2)c2ccccc2-c2cc3c(cc21)c1ccccc1n3-c1c2ccccc2c(-c2cccc3ccccc23)c2ccccc12. The van der Waals surface area contributed by atoms with E-state index in [1.54, 1.807) is 0 Å². The van der Waals surface area contributed by atoms with Gasteiger partial charge in [-0.05, 0) is 62.0 Å². The minimum absolute atomic E-state index is 0.875. The first-order valence-electron chi connectivity index (χ1n) is 17.5. The highest BCUT2D eigenvalue weighted by Gasteiger charge is 2.40. The van der Waals surface area contributed by atoms with Crippen LogP contribution in [0.1, 0.15) is 0 Å². The molecule has 9 aromatic carbocycles. The third kappa shape index (κ3) is 3.86. The molecule has 1 aromatic heterocycles. The number of rotatable bonds is 3. The summed E-state index contributed by atoms with van der Waals surface area (Å²) in [6.07, 6.45) is 0.